The monoisotopic (exact) mass is 379 g/mol. The Balaban J connectivity index is 2.15. The summed E-state index contributed by atoms with van der Waals surface area (Å²) in [6.07, 6.45) is 0. The number of nitrogens with one attached hydrogen (secondary N) is 2. The fourth-order valence-corrected chi connectivity index (χ4v) is 3.42. The van der Waals surface area contributed by atoms with Crippen molar-refractivity contribution in [2.24, 2.45) is 0 Å². The van der Waals surface area contributed by atoms with E-state index in [1.165, 1.54) is 4.88 Å². The van der Waals surface area contributed by atoms with E-state index < -0.39 is 0 Å². The molecule has 0 radical (unpaired) electrons. The molecule has 102 valence electrons. The molecule has 0 aliphatic carbocycles. The summed E-state index contributed by atoms with van der Waals surface area (Å²) < 4.78 is 1.09. The van der Waals surface area contributed by atoms with Crippen molar-refractivity contribution in [2.75, 3.05) is 17.2 Å². The summed E-state index contributed by atoms with van der Waals surface area (Å²) in [5.41, 5.74) is 0. The van der Waals surface area contributed by atoms with Crippen LogP contribution in [0.1, 0.15) is 11.8 Å². The Bertz CT molecular complexity index is 574. The lowest BCUT2D eigenvalue weighted by Gasteiger charge is -2.11. The number of rotatable bonds is 5. The van der Waals surface area contributed by atoms with Crippen LogP contribution in [-0.4, -0.2) is 11.5 Å². The van der Waals surface area contributed by atoms with Crippen molar-refractivity contribution >= 4 is 62.1 Å². The largest absolute Gasteiger partial charge is 0.369 e. The smallest absolute Gasteiger partial charge is 0.147 e. The Labute approximate surface area is 134 Å². The Kier molecular flexibility index (Phi) is 5.33. The molecule has 0 aromatic carbocycles. The summed E-state index contributed by atoms with van der Waals surface area (Å²) in [5.74, 6) is 1.27. The third-order valence-electron chi connectivity index (χ3n) is 2.38. The fraction of sp³-hybridized carbons (Fsp3) is 0.250. The van der Waals surface area contributed by atoms with Gasteiger partial charge in [-0.15, -0.1) is 11.3 Å². The first-order chi connectivity index (χ1) is 9.11. The molecule has 2 N–H and O–H groups in total. The molecule has 0 aliphatic rings. The van der Waals surface area contributed by atoms with Gasteiger partial charge in [0.2, 0.25) is 0 Å². The lowest BCUT2D eigenvalue weighted by molar-refractivity contribution is 1.11. The van der Waals surface area contributed by atoms with Crippen molar-refractivity contribution in [1.82, 2.24) is 4.98 Å². The van der Waals surface area contributed by atoms with Crippen LogP contribution in [0.3, 0.4) is 0 Å². The second kappa shape index (κ2) is 6.79. The maximum atomic E-state index is 6.14. The summed E-state index contributed by atoms with van der Waals surface area (Å²) in [4.78, 5) is 5.59. The molecular formula is C12H12BrCl2N3S. The van der Waals surface area contributed by atoms with Crippen LogP contribution < -0.4 is 10.6 Å². The maximum Gasteiger partial charge on any atom is 0.147 e. The average molecular weight is 381 g/mol. The SMILES string of the molecule is CCNc1nc(NCc2sccc2Br)c(Cl)cc1Cl. The Morgan fingerprint density at radius 2 is 1.95 bits per heavy atom. The minimum atomic E-state index is 0.513. The molecule has 0 aliphatic heterocycles. The highest BCUT2D eigenvalue weighted by Crippen LogP contribution is 2.30. The van der Waals surface area contributed by atoms with Crippen molar-refractivity contribution in [3.63, 3.8) is 0 Å². The van der Waals surface area contributed by atoms with Crippen LogP contribution in [0.5, 0.6) is 0 Å². The minimum Gasteiger partial charge on any atom is -0.369 e. The number of pyridine rings is 1. The molecule has 7 heteroatoms. The van der Waals surface area contributed by atoms with Crippen molar-refractivity contribution in [3.8, 4) is 0 Å². The summed E-state index contributed by atoms with van der Waals surface area (Å²) >= 11 is 17.4. The molecule has 2 aromatic rings. The normalized spacial score (nSPS) is 10.5. The zero-order valence-corrected chi connectivity index (χ0v) is 14.0. The van der Waals surface area contributed by atoms with Gasteiger partial charge in [0.1, 0.15) is 11.6 Å². The zero-order valence-electron chi connectivity index (χ0n) is 10.1. The van der Waals surface area contributed by atoms with Crippen LogP contribution in [-0.2, 0) is 6.54 Å². The zero-order chi connectivity index (χ0) is 13.8. The first-order valence-electron chi connectivity index (χ1n) is 5.67. The van der Waals surface area contributed by atoms with E-state index in [-0.39, 0.29) is 0 Å². The lowest BCUT2D eigenvalue weighted by Crippen LogP contribution is -2.05. The van der Waals surface area contributed by atoms with E-state index in [2.05, 4.69) is 31.5 Å². The molecule has 2 aromatic heterocycles. The van der Waals surface area contributed by atoms with E-state index in [0.717, 1.165) is 11.0 Å². The van der Waals surface area contributed by atoms with E-state index in [9.17, 15) is 0 Å². The highest BCUT2D eigenvalue weighted by molar-refractivity contribution is 9.10. The molecule has 0 bridgehead atoms. The van der Waals surface area contributed by atoms with Crippen molar-refractivity contribution < 1.29 is 0 Å². The first-order valence-corrected chi connectivity index (χ1v) is 8.10. The maximum absolute atomic E-state index is 6.14. The third-order valence-corrected chi connectivity index (χ3v) is 4.88. The topological polar surface area (TPSA) is 37.0 Å². The van der Waals surface area contributed by atoms with Gasteiger partial charge in [0.25, 0.3) is 0 Å². The Morgan fingerprint density at radius 1 is 1.26 bits per heavy atom. The molecule has 0 spiro atoms. The van der Waals surface area contributed by atoms with Gasteiger partial charge >= 0.3 is 0 Å². The highest BCUT2D eigenvalue weighted by Gasteiger charge is 2.09. The molecule has 0 saturated carbocycles. The Hall–Kier alpha value is -0.490. The molecular weight excluding hydrogens is 369 g/mol. The summed E-state index contributed by atoms with van der Waals surface area (Å²) in [6, 6.07) is 3.71. The number of anilines is 2. The summed E-state index contributed by atoms with van der Waals surface area (Å²) in [7, 11) is 0. The third kappa shape index (κ3) is 3.75. The number of hydrogen-bond donors (Lipinski definition) is 2. The van der Waals surface area contributed by atoms with Crippen LogP contribution in [0.15, 0.2) is 22.0 Å². The molecule has 0 fully saturated rings. The van der Waals surface area contributed by atoms with Crippen LogP contribution in [0, 0.1) is 0 Å². The van der Waals surface area contributed by atoms with Crippen LogP contribution >= 0.6 is 50.5 Å². The van der Waals surface area contributed by atoms with Crippen LogP contribution in [0.25, 0.3) is 0 Å². The second-order valence-corrected chi connectivity index (χ2v) is 6.39. The van der Waals surface area contributed by atoms with E-state index in [1.807, 2.05) is 18.4 Å². The van der Waals surface area contributed by atoms with Gasteiger partial charge in [-0.05, 0) is 40.4 Å². The lowest BCUT2D eigenvalue weighted by atomic mass is 10.4. The molecule has 3 nitrogen and oxygen atoms in total. The molecule has 2 rings (SSSR count). The number of thiophene rings is 1. The van der Waals surface area contributed by atoms with Crippen LogP contribution in [0.2, 0.25) is 10.0 Å². The van der Waals surface area contributed by atoms with E-state index in [1.54, 1.807) is 17.4 Å². The van der Waals surface area contributed by atoms with E-state index >= 15 is 0 Å². The number of nitrogens with zero attached hydrogens (tertiary/aromatic N) is 1. The van der Waals surface area contributed by atoms with Gasteiger partial charge in [-0.2, -0.15) is 0 Å². The summed E-state index contributed by atoms with van der Waals surface area (Å²) in [6.45, 7) is 3.41. The second-order valence-electron chi connectivity index (χ2n) is 3.72. The van der Waals surface area contributed by atoms with Gasteiger partial charge in [-0.3, -0.25) is 0 Å². The molecule has 19 heavy (non-hydrogen) atoms. The highest BCUT2D eigenvalue weighted by atomic mass is 79.9. The van der Waals surface area contributed by atoms with E-state index in [0.29, 0.717) is 28.2 Å². The first kappa shape index (κ1) is 14.9. The minimum absolute atomic E-state index is 0.513. The fourth-order valence-electron chi connectivity index (χ4n) is 1.50. The van der Waals surface area contributed by atoms with E-state index in [4.69, 9.17) is 23.2 Å². The standard InChI is InChI=1S/C12H12BrCl2N3S/c1-2-16-11-8(14)5-9(15)12(18-11)17-6-10-7(13)3-4-19-10/h3-5H,2,6H2,1H3,(H2,16,17,18). The van der Waals surface area contributed by atoms with Gasteiger partial charge in [-0.1, -0.05) is 23.2 Å². The van der Waals surface area contributed by atoms with Gasteiger partial charge in [0.15, 0.2) is 0 Å². The summed E-state index contributed by atoms with van der Waals surface area (Å²) in [5, 5.41) is 9.39. The number of halogens is 3. The van der Waals surface area contributed by atoms with Gasteiger partial charge in [0.05, 0.1) is 16.6 Å². The molecule has 0 unspecified atom stereocenters. The molecule has 0 amide bonds. The molecule has 0 atom stereocenters. The van der Waals surface area contributed by atoms with Crippen molar-refractivity contribution in [3.05, 3.63) is 36.9 Å². The van der Waals surface area contributed by atoms with Gasteiger partial charge in [-0.25, -0.2) is 4.98 Å². The van der Waals surface area contributed by atoms with Crippen molar-refractivity contribution in [1.29, 1.82) is 0 Å². The van der Waals surface area contributed by atoms with Gasteiger partial charge < -0.3 is 10.6 Å². The molecule has 2 heterocycles. The Morgan fingerprint density at radius 3 is 2.53 bits per heavy atom. The predicted octanol–water partition coefficient (Wildman–Crippen LogP) is 5.26. The number of aromatic nitrogens is 1. The average Bonchev–Trinajstić information content (AvgIpc) is 2.77. The van der Waals surface area contributed by atoms with Crippen molar-refractivity contribution in [2.45, 2.75) is 13.5 Å². The van der Waals surface area contributed by atoms with Gasteiger partial charge in [0, 0.05) is 15.9 Å². The molecule has 0 saturated heterocycles. The quantitative estimate of drug-likeness (QED) is 0.742. The van der Waals surface area contributed by atoms with Crippen LogP contribution in [0.4, 0.5) is 11.6 Å². The predicted molar refractivity (Wildman–Crippen MR) is 87.8 cm³/mol. The number of hydrogen-bond acceptors (Lipinski definition) is 4.